The average Bonchev–Trinajstić information content (AvgIpc) is 2.53. The van der Waals surface area contributed by atoms with Crippen molar-refractivity contribution in [3.8, 4) is 5.75 Å². The molecule has 0 saturated carbocycles. The van der Waals surface area contributed by atoms with Gasteiger partial charge in [0.1, 0.15) is 17.1 Å². The van der Waals surface area contributed by atoms with E-state index in [4.69, 9.17) is 4.74 Å². The van der Waals surface area contributed by atoms with Crippen LogP contribution in [0.4, 0.5) is 22.7 Å². The Labute approximate surface area is 123 Å². The Morgan fingerprint density at radius 3 is 2.38 bits per heavy atom. The van der Waals surface area contributed by atoms with E-state index in [1.807, 2.05) is 24.3 Å². The minimum absolute atomic E-state index is 0.0540. The lowest BCUT2D eigenvalue weighted by Gasteiger charge is -2.20. The molecule has 0 heterocycles. The summed E-state index contributed by atoms with van der Waals surface area (Å²) in [7, 11) is 5.06. The summed E-state index contributed by atoms with van der Waals surface area (Å²) in [6.07, 6.45) is 0. The van der Waals surface area contributed by atoms with Crippen molar-refractivity contribution >= 4 is 22.7 Å². The van der Waals surface area contributed by atoms with Crippen LogP contribution in [0.1, 0.15) is 0 Å². The fraction of sp³-hybridized carbons (Fsp3) is 0.200. The van der Waals surface area contributed by atoms with Crippen molar-refractivity contribution in [3.63, 3.8) is 0 Å². The first-order valence-electron chi connectivity index (χ1n) is 6.41. The number of rotatable bonds is 5. The molecule has 6 nitrogen and oxygen atoms in total. The summed E-state index contributed by atoms with van der Waals surface area (Å²) in [4.78, 5) is 12.8. The predicted octanol–water partition coefficient (Wildman–Crippen LogP) is 3.41. The molecule has 6 heteroatoms. The summed E-state index contributed by atoms with van der Waals surface area (Å²) in [5.41, 5.74) is 1.90. The SMILES string of the molecule is CNc1cccc(N(C)c2ccc(OC)cc2)c1[N+](=O)[O-]. The third kappa shape index (κ3) is 2.89. The van der Waals surface area contributed by atoms with Crippen LogP contribution in [0.5, 0.6) is 5.75 Å². The van der Waals surface area contributed by atoms with Gasteiger partial charge in [-0.3, -0.25) is 10.1 Å². The van der Waals surface area contributed by atoms with E-state index in [0.717, 1.165) is 11.4 Å². The molecule has 0 radical (unpaired) electrons. The van der Waals surface area contributed by atoms with Crippen molar-refractivity contribution in [1.82, 2.24) is 0 Å². The van der Waals surface area contributed by atoms with Crippen molar-refractivity contribution < 1.29 is 9.66 Å². The minimum Gasteiger partial charge on any atom is -0.497 e. The molecule has 2 aromatic carbocycles. The number of nitro benzene ring substituents is 1. The van der Waals surface area contributed by atoms with Crippen molar-refractivity contribution in [1.29, 1.82) is 0 Å². The van der Waals surface area contributed by atoms with Crippen molar-refractivity contribution in [3.05, 3.63) is 52.6 Å². The van der Waals surface area contributed by atoms with Crippen LogP contribution in [0.25, 0.3) is 0 Å². The number of anilines is 3. The highest BCUT2D eigenvalue weighted by molar-refractivity contribution is 5.80. The van der Waals surface area contributed by atoms with Gasteiger partial charge in [0.25, 0.3) is 0 Å². The molecule has 0 aliphatic heterocycles. The van der Waals surface area contributed by atoms with E-state index in [1.54, 1.807) is 44.3 Å². The van der Waals surface area contributed by atoms with E-state index < -0.39 is 0 Å². The normalized spacial score (nSPS) is 10.0. The number of nitrogens with zero attached hydrogens (tertiary/aromatic N) is 2. The second-order valence-corrected chi connectivity index (χ2v) is 4.44. The van der Waals surface area contributed by atoms with Gasteiger partial charge in [0.15, 0.2) is 0 Å². The van der Waals surface area contributed by atoms with Crippen LogP contribution >= 0.6 is 0 Å². The molecular formula is C15H17N3O3. The largest absolute Gasteiger partial charge is 0.497 e. The van der Waals surface area contributed by atoms with Gasteiger partial charge in [-0.25, -0.2) is 0 Å². The third-order valence-electron chi connectivity index (χ3n) is 3.29. The van der Waals surface area contributed by atoms with E-state index in [-0.39, 0.29) is 10.6 Å². The van der Waals surface area contributed by atoms with E-state index >= 15 is 0 Å². The lowest BCUT2D eigenvalue weighted by molar-refractivity contribution is -0.383. The van der Waals surface area contributed by atoms with Gasteiger partial charge >= 0.3 is 5.69 Å². The van der Waals surface area contributed by atoms with Crippen LogP contribution in [0.3, 0.4) is 0 Å². The molecule has 0 bridgehead atoms. The summed E-state index contributed by atoms with van der Waals surface area (Å²) in [6.45, 7) is 0. The van der Waals surface area contributed by atoms with Crippen LogP contribution in [0, 0.1) is 10.1 Å². The second-order valence-electron chi connectivity index (χ2n) is 4.44. The number of benzene rings is 2. The standard InChI is InChI=1S/C15H17N3O3/c1-16-13-5-4-6-14(15(13)18(19)20)17(2)11-7-9-12(21-3)10-8-11/h4-10,16H,1-3H3. The first kappa shape index (κ1) is 14.6. The highest BCUT2D eigenvalue weighted by Gasteiger charge is 2.22. The van der Waals surface area contributed by atoms with Gasteiger partial charge in [0, 0.05) is 19.8 Å². The maximum atomic E-state index is 11.4. The summed E-state index contributed by atoms with van der Waals surface area (Å²) < 4.78 is 5.12. The summed E-state index contributed by atoms with van der Waals surface area (Å²) >= 11 is 0. The summed E-state index contributed by atoms with van der Waals surface area (Å²) in [5.74, 6) is 0.741. The van der Waals surface area contributed by atoms with Gasteiger partial charge in [0.2, 0.25) is 0 Å². The van der Waals surface area contributed by atoms with Gasteiger partial charge in [-0.1, -0.05) is 6.07 Å². The second kappa shape index (κ2) is 6.13. The van der Waals surface area contributed by atoms with E-state index in [0.29, 0.717) is 11.4 Å². The number of ether oxygens (including phenoxy) is 1. The molecule has 0 unspecified atom stereocenters. The maximum Gasteiger partial charge on any atom is 0.315 e. The van der Waals surface area contributed by atoms with Crippen molar-refractivity contribution in [2.75, 3.05) is 31.4 Å². The van der Waals surface area contributed by atoms with Crippen LogP contribution in [0.15, 0.2) is 42.5 Å². The number of para-hydroxylation sites is 1. The Bertz CT molecular complexity index is 641. The third-order valence-corrected chi connectivity index (χ3v) is 3.29. The highest BCUT2D eigenvalue weighted by Crippen LogP contribution is 2.38. The molecule has 0 atom stereocenters. The van der Waals surface area contributed by atoms with Crippen LogP contribution in [-0.4, -0.2) is 26.1 Å². The Balaban J connectivity index is 2.46. The van der Waals surface area contributed by atoms with E-state index in [1.165, 1.54) is 0 Å². The Kier molecular flexibility index (Phi) is 4.27. The van der Waals surface area contributed by atoms with Gasteiger partial charge in [-0.15, -0.1) is 0 Å². The van der Waals surface area contributed by atoms with E-state index in [2.05, 4.69) is 5.32 Å². The molecule has 0 aromatic heterocycles. The molecular weight excluding hydrogens is 270 g/mol. The first-order valence-corrected chi connectivity index (χ1v) is 6.41. The van der Waals surface area contributed by atoms with Crippen molar-refractivity contribution in [2.24, 2.45) is 0 Å². The lowest BCUT2D eigenvalue weighted by atomic mass is 10.2. The molecule has 21 heavy (non-hydrogen) atoms. The Hall–Kier alpha value is -2.76. The Morgan fingerprint density at radius 2 is 1.86 bits per heavy atom. The zero-order chi connectivity index (χ0) is 15.4. The quantitative estimate of drug-likeness (QED) is 0.674. The van der Waals surface area contributed by atoms with Gasteiger partial charge in [-0.05, 0) is 36.4 Å². The average molecular weight is 287 g/mol. The van der Waals surface area contributed by atoms with Crippen molar-refractivity contribution in [2.45, 2.75) is 0 Å². The fourth-order valence-corrected chi connectivity index (χ4v) is 2.14. The molecule has 2 rings (SSSR count). The van der Waals surface area contributed by atoms with Gasteiger partial charge in [-0.2, -0.15) is 0 Å². The number of nitro groups is 1. The molecule has 0 aliphatic carbocycles. The molecule has 0 amide bonds. The molecule has 0 spiro atoms. The minimum atomic E-state index is -0.374. The zero-order valence-electron chi connectivity index (χ0n) is 12.2. The van der Waals surface area contributed by atoms with E-state index in [9.17, 15) is 10.1 Å². The highest BCUT2D eigenvalue weighted by atomic mass is 16.6. The number of hydrogen-bond donors (Lipinski definition) is 1. The first-order chi connectivity index (χ1) is 10.1. The fourth-order valence-electron chi connectivity index (χ4n) is 2.14. The summed E-state index contributed by atoms with van der Waals surface area (Å²) in [5, 5.41) is 14.2. The molecule has 110 valence electrons. The smallest absolute Gasteiger partial charge is 0.315 e. The topological polar surface area (TPSA) is 67.6 Å². The molecule has 1 N–H and O–H groups in total. The lowest BCUT2D eigenvalue weighted by Crippen LogP contribution is -2.12. The Morgan fingerprint density at radius 1 is 1.19 bits per heavy atom. The molecule has 0 fully saturated rings. The van der Waals surface area contributed by atoms with Crippen LogP contribution in [-0.2, 0) is 0 Å². The molecule has 0 aliphatic rings. The van der Waals surface area contributed by atoms with Crippen LogP contribution < -0.4 is 15.0 Å². The monoisotopic (exact) mass is 287 g/mol. The number of hydrogen-bond acceptors (Lipinski definition) is 5. The maximum absolute atomic E-state index is 11.4. The van der Waals surface area contributed by atoms with Gasteiger partial charge < -0.3 is 15.0 Å². The van der Waals surface area contributed by atoms with Gasteiger partial charge in [0.05, 0.1) is 12.0 Å². The predicted molar refractivity (Wildman–Crippen MR) is 83.7 cm³/mol. The zero-order valence-corrected chi connectivity index (χ0v) is 12.2. The molecule has 0 saturated heterocycles. The number of methoxy groups -OCH3 is 1. The summed E-state index contributed by atoms with van der Waals surface area (Å²) in [6, 6.07) is 12.5. The molecule has 2 aromatic rings. The van der Waals surface area contributed by atoms with Crippen LogP contribution in [0.2, 0.25) is 0 Å². The number of nitrogens with one attached hydrogen (secondary N) is 1.